The first-order chi connectivity index (χ1) is 5.20. The number of rotatable bonds is 5. The zero-order valence-corrected chi connectivity index (χ0v) is 8.70. The van der Waals surface area contributed by atoms with E-state index in [1.807, 2.05) is 6.42 Å². The Bertz CT molecular complexity index is 112. The molecule has 0 bridgehead atoms. The summed E-state index contributed by atoms with van der Waals surface area (Å²) in [6.07, 6.45) is 5.46. The molecule has 0 aromatic carbocycles. The van der Waals surface area contributed by atoms with Gasteiger partial charge in [-0.25, -0.2) is 0 Å². The summed E-state index contributed by atoms with van der Waals surface area (Å²) < 4.78 is 0. The Morgan fingerprint density at radius 2 is 1.91 bits per heavy atom. The number of hydrogen-bond acceptors (Lipinski definition) is 0. The van der Waals surface area contributed by atoms with Crippen molar-refractivity contribution in [2.75, 3.05) is 0 Å². The van der Waals surface area contributed by atoms with Crippen molar-refractivity contribution in [2.45, 2.75) is 30.5 Å². The smallest absolute Gasteiger partial charge is 0.0541 e. The van der Waals surface area contributed by atoms with Crippen molar-refractivity contribution < 1.29 is 0 Å². The fourth-order valence-corrected chi connectivity index (χ4v) is 1.70. The Hall–Kier alpha value is 0.610. The molecule has 3 heteroatoms. The van der Waals surface area contributed by atoms with Crippen molar-refractivity contribution in [3.8, 4) is 0 Å². The highest BCUT2D eigenvalue weighted by atomic mass is 35.5. The third-order valence-electron chi connectivity index (χ3n) is 1.22. The molecule has 0 fully saturated rings. The van der Waals surface area contributed by atoms with Gasteiger partial charge in [0, 0.05) is 10.9 Å². The van der Waals surface area contributed by atoms with Crippen LogP contribution < -0.4 is 0 Å². The predicted octanol–water partition coefficient (Wildman–Crippen LogP) is 3.96. The Morgan fingerprint density at radius 3 is 2.36 bits per heavy atom. The summed E-state index contributed by atoms with van der Waals surface area (Å²) in [5, 5.41) is -0.00633. The quantitative estimate of drug-likeness (QED) is 0.608. The fourth-order valence-electron chi connectivity index (χ4n) is 0.725. The van der Waals surface area contributed by atoms with E-state index in [4.69, 9.17) is 34.8 Å². The Balaban J connectivity index is 3.48. The highest BCUT2D eigenvalue weighted by Gasteiger charge is 2.08. The molecule has 0 aromatic rings. The molecule has 0 saturated heterocycles. The van der Waals surface area contributed by atoms with Crippen LogP contribution in [0.2, 0.25) is 0 Å². The fraction of sp³-hybridized carbons (Fsp3) is 0.625. The maximum Gasteiger partial charge on any atom is 0.0541 e. The summed E-state index contributed by atoms with van der Waals surface area (Å²) in [5.74, 6) is 0. The van der Waals surface area contributed by atoms with Crippen molar-refractivity contribution in [3.05, 3.63) is 18.0 Å². The van der Waals surface area contributed by atoms with Gasteiger partial charge in [-0.15, -0.1) is 23.2 Å². The SMILES string of the molecule is CC[CH]C(Cl)CC(Cl)C=CCl. The summed E-state index contributed by atoms with van der Waals surface area (Å²) >= 11 is 17.1. The highest BCUT2D eigenvalue weighted by molar-refractivity contribution is 6.27. The molecule has 0 aliphatic heterocycles. The lowest BCUT2D eigenvalue weighted by Gasteiger charge is -2.08. The van der Waals surface area contributed by atoms with Crippen LogP contribution in [-0.4, -0.2) is 10.8 Å². The van der Waals surface area contributed by atoms with Crippen LogP contribution >= 0.6 is 34.8 Å². The average Bonchev–Trinajstić information content (AvgIpc) is 1.87. The molecule has 0 nitrogen and oxygen atoms in total. The minimum Gasteiger partial charge on any atom is -0.123 e. The van der Waals surface area contributed by atoms with E-state index < -0.39 is 0 Å². The van der Waals surface area contributed by atoms with E-state index in [1.54, 1.807) is 6.08 Å². The molecule has 65 valence electrons. The van der Waals surface area contributed by atoms with Crippen LogP contribution in [0.5, 0.6) is 0 Å². The van der Waals surface area contributed by atoms with Crippen molar-refractivity contribution in [2.24, 2.45) is 0 Å². The molecule has 0 spiro atoms. The van der Waals surface area contributed by atoms with Gasteiger partial charge >= 0.3 is 0 Å². The maximum atomic E-state index is 5.89. The molecule has 1 radical (unpaired) electrons. The molecule has 2 unspecified atom stereocenters. The first kappa shape index (κ1) is 11.6. The molecular formula is C8H12Cl3. The molecule has 0 rings (SSSR count). The largest absolute Gasteiger partial charge is 0.123 e. The lowest BCUT2D eigenvalue weighted by Crippen LogP contribution is -2.06. The Labute approximate surface area is 83.5 Å². The van der Waals surface area contributed by atoms with Gasteiger partial charge in [-0.2, -0.15) is 0 Å². The predicted molar refractivity (Wildman–Crippen MR) is 53.5 cm³/mol. The van der Waals surface area contributed by atoms with Gasteiger partial charge in [0.15, 0.2) is 0 Å². The molecule has 0 amide bonds. The maximum absolute atomic E-state index is 5.89. The standard InChI is InChI=1S/C8H12Cl3/c1-2-3-7(10)6-8(11)4-5-9/h3-5,7-8H,2,6H2,1H3. The van der Waals surface area contributed by atoms with Gasteiger partial charge in [-0.3, -0.25) is 0 Å². The molecule has 11 heavy (non-hydrogen) atoms. The average molecular weight is 215 g/mol. The summed E-state index contributed by atoms with van der Waals surface area (Å²) in [5.41, 5.74) is 1.42. The summed E-state index contributed by atoms with van der Waals surface area (Å²) in [7, 11) is 0. The number of hydrogen-bond donors (Lipinski definition) is 0. The second-order valence-electron chi connectivity index (χ2n) is 2.23. The number of allylic oxidation sites excluding steroid dienone is 1. The van der Waals surface area contributed by atoms with Crippen molar-refractivity contribution in [1.82, 2.24) is 0 Å². The summed E-state index contributed by atoms with van der Waals surface area (Å²) in [4.78, 5) is 0. The van der Waals surface area contributed by atoms with Gasteiger partial charge < -0.3 is 0 Å². The zero-order chi connectivity index (χ0) is 8.69. The van der Waals surface area contributed by atoms with E-state index in [0.29, 0.717) is 0 Å². The monoisotopic (exact) mass is 213 g/mol. The van der Waals surface area contributed by atoms with Crippen LogP contribution in [0.1, 0.15) is 19.8 Å². The molecule has 0 aliphatic carbocycles. The lowest BCUT2D eigenvalue weighted by molar-refractivity contribution is 0.811. The van der Waals surface area contributed by atoms with Crippen LogP contribution in [0.15, 0.2) is 11.6 Å². The van der Waals surface area contributed by atoms with E-state index in [1.165, 1.54) is 5.54 Å². The van der Waals surface area contributed by atoms with E-state index >= 15 is 0 Å². The Kier molecular flexibility index (Phi) is 7.67. The van der Waals surface area contributed by atoms with Gasteiger partial charge in [0.05, 0.1) is 5.38 Å². The van der Waals surface area contributed by atoms with Crippen molar-refractivity contribution in [1.29, 1.82) is 0 Å². The second-order valence-corrected chi connectivity index (χ2v) is 3.60. The highest BCUT2D eigenvalue weighted by Crippen LogP contribution is 2.15. The lowest BCUT2D eigenvalue weighted by atomic mass is 10.1. The minimum atomic E-state index is -0.0576. The van der Waals surface area contributed by atoms with Crippen LogP contribution in [0, 0.1) is 6.42 Å². The van der Waals surface area contributed by atoms with Crippen LogP contribution in [0.4, 0.5) is 0 Å². The normalized spacial score (nSPS) is 17.1. The molecule has 0 N–H and O–H groups in total. The number of alkyl halides is 2. The van der Waals surface area contributed by atoms with Gasteiger partial charge in [0.1, 0.15) is 0 Å². The molecule has 2 atom stereocenters. The molecule has 0 saturated carbocycles. The second kappa shape index (κ2) is 7.27. The first-order valence-electron chi connectivity index (χ1n) is 3.59. The molecule has 0 aliphatic rings. The molecular weight excluding hydrogens is 202 g/mol. The van der Waals surface area contributed by atoms with E-state index in [0.717, 1.165) is 12.8 Å². The number of halogens is 3. The van der Waals surface area contributed by atoms with Crippen LogP contribution in [0.25, 0.3) is 0 Å². The summed E-state index contributed by atoms with van der Waals surface area (Å²) in [6, 6.07) is 0. The third kappa shape index (κ3) is 6.99. The minimum absolute atomic E-state index is 0.0513. The van der Waals surface area contributed by atoms with Crippen molar-refractivity contribution >= 4 is 34.8 Å². The third-order valence-corrected chi connectivity index (χ3v) is 2.05. The van der Waals surface area contributed by atoms with E-state index in [2.05, 4.69) is 6.92 Å². The summed E-state index contributed by atoms with van der Waals surface area (Å²) in [6.45, 7) is 2.05. The van der Waals surface area contributed by atoms with Gasteiger partial charge in [0.25, 0.3) is 0 Å². The van der Waals surface area contributed by atoms with Crippen molar-refractivity contribution in [3.63, 3.8) is 0 Å². The topological polar surface area (TPSA) is 0 Å². The zero-order valence-electron chi connectivity index (χ0n) is 6.43. The van der Waals surface area contributed by atoms with Gasteiger partial charge in [-0.05, 0) is 12.8 Å². The van der Waals surface area contributed by atoms with Gasteiger partial charge in [0.2, 0.25) is 0 Å². The van der Waals surface area contributed by atoms with E-state index in [-0.39, 0.29) is 10.8 Å². The van der Waals surface area contributed by atoms with E-state index in [9.17, 15) is 0 Å². The first-order valence-corrected chi connectivity index (χ1v) is 4.90. The van der Waals surface area contributed by atoms with Crippen LogP contribution in [-0.2, 0) is 0 Å². The molecule has 0 aromatic heterocycles. The van der Waals surface area contributed by atoms with Gasteiger partial charge in [-0.1, -0.05) is 31.0 Å². The molecule has 0 heterocycles. The van der Waals surface area contributed by atoms with Crippen LogP contribution in [0.3, 0.4) is 0 Å². The Morgan fingerprint density at radius 1 is 1.27 bits per heavy atom.